The van der Waals surface area contributed by atoms with E-state index in [2.05, 4.69) is 5.10 Å². The van der Waals surface area contributed by atoms with E-state index in [1.807, 2.05) is 0 Å². The zero-order valence-electron chi connectivity index (χ0n) is 6.94. The normalized spacial score (nSPS) is 10.6. The van der Waals surface area contributed by atoms with Crippen molar-refractivity contribution in [2.45, 2.75) is 0 Å². The van der Waals surface area contributed by atoms with E-state index in [0.717, 1.165) is 4.68 Å². The van der Waals surface area contributed by atoms with Gasteiger partial charge in [-0.3, -0.25) is 0 Å². The van der Waals surface area contributed by atoms with Gasteiger partial charge in [0.25, 0.3) is 0 Å². The summed E-state index contributed by atoms with van der Waals surface area (Å²) in [5.41, 5.74) is 6.08. The Labute approximate surface area is 83.7 Å². The second kappa shape index (κ2) is 2.88. The van der Waals surface area contributed by atoms with E-state index in [1.165, 1.54) is 0 Å². The maximum absolute atomic E-state index is 10.7. The van der Waals surface area contributed by atoms with Crippen molar-refractivity contribution in [2.24, 2.45) is 0 Å². The third-order valence-electron chi connectivity index (χ3n) is 1.85. The molecule has 1 aromatic carbocycles. The molecule has 3 N–H and O–H groups in total. The monoisotopic (exact) mass is 211 g/mol. The van der Waals surface area contributed by atoms with Crippen molar-refractivity contribution >= 4 is 34.4 Å². The summed E-state index contributed by atoms with van der Waals surface area (Å²) in [5.74, 6) is 0.0787. The number of rotatable bonds is 0. The van der Waals surface area contributed by atoms with Gasteiger partial charge in [-0.2, -0.15) is 5.10 Å². The molecule has 1 heterocycles. The molecule has 2 aromatic rings. The molecule has 1 aromatic heterocycles. The molecule has 0 saturated heterocycles. The van der Waals surface area contributed by atoms with Crippen molar-refractivity contribution in [3.8, 4) is 0 Å². The van der Waals surface area contributed by atoms with Crippen LogP contribution in [0.4, 0.5) is 10.6 Å². The number of aromatic nitrogens is 2. The summed E-state index contributed by atoms with van der Waals surface area (Å²) in [7, 11) is 0. The minimum absolute atomic E-state index is 0.0787. The maximum atomic E-state index is 10.7. The molecule has 0 unspecified atom stereocenters. The van der Waals surface area contributed by atoms with Crippen molar-refractivity contribution in [1.82, 2.24) is 9.78 Å². The molecule has 0 aliphatic rings. The molecule has 0 amide bonds. The molecule has 0 fully saturated rings. The number of nitrogen functional groups attached to an aromatic ring is 1. The predicted molar refractivity (Wildman–Crippen MR) is 52.6 cm³/mol. The largest absolute Gasteiger partial charge is 0.463 e. The second-order valence-electron chi connectivity index (χ2n) is 2.74. The van der Waals surface area contributed by atoms with Crippen molar-refractivity contribution in [3.63, 3.8) is 0 Å². The smallest absolute Gasteiger partial charge is 0.434 e. The van der Waals surface area contributed by atoms with Gasteiger partial charge >= 0.3 is 6.09 Å². The highest BCUT2D eigenvalue weighted by molar-refractivity contribution is 6.31. The highest BCUT2D eigenvalue weighted by Gasteiger charge is 2.12. The summed E-state index contributed by atoms with van der Waals surface area (Å²) in [4.78, 5) is 10.7. The van der Waals surface area contributed by atoms with Crippen LogP contribution in [0, 0.1) is 0 Å². The number of carboxylic acid groups (broad SMARTS) is 1. The second-order valence-corrected chi connectivity index (χ2v) is 3.18. The van der Waals surface area contributed by atoms with Crippen LogP contribution >= 0.6 is 11.6 Å². The number of carbonyl (C=O) groups is 1. The topological polar surface area (TPSA) is 81.1 Å². The molecule has 14 heavy (non-hydrogen) atoms. The Morgan fingerprint density at radius 2 is 2.29 bits per heavy atom. The first-order chi connectivity index (χ1) is 6.59. The zero-order chi connectivity index (χ0) is 10.3. The lowest BCUT2D eigenvalue weighted by atomic mass is 10.2. The number of hydrogen-bond donors (Lipinski definition) is 2. The lowest BCUT2D eigenvalue weighted by Crippen LogP contribution is -2.12. The Kier molecular flexibility index (Phi) is 1.82. The number of fused-ring (bicyclic) bond motifs is 1. The SMILES string of the molecule is Nc1c2cc(Cl)ccc2nn1C(=O)O. The number of benzene rings is 1. The molecular formula is C8H6ClN3O2. The fraction of sp³-hybridized carbons (Fsp3) is 0. The van der Waals surface area contributed by atoms with Crippen LogP contribution in [-0.2, 0) is 0 Å². The van der Waals surface area contributed by atoms with Gasteiger partial charge in [0, 0.05) is 10.4 Å². The van der Waals surface area contributed by atoms with Crippen LogP contribution in [0.1, 0.15) is 0 Å². The van der Waals surface area contributed by atoms with E-state index in [9.17, 15) is 4.79 Å². The van der Waals surface area contributed by atoms with Gasteiger partial charge in [0.1, 0.15) is 5.82 Å². The van der Waals surface area contributed by atoms with Crippen LogP contribution in [-0.4, -0.2) is 21.0 Å². The molecule has 0 saturated carbocycles. The fourth-order valence-electron chi connectivity index (χ4n) is 1.22. The molecule has 2 rings (SSSR count). The molecule has 0 aliphatic carbocycles. The van der Waals surface area contributed by atoms with Crippen LogP contribution in [0.15, 0.2) is 18.2 Å². The summed E-state index contributed by atoms with van der Waals surface area (Å²) in [6, 6.07) is 4.83. The number of halogens is 1. The molecular weight excluding hydrogens is 206 g/mol. The molecule has 0 aliphatic heterocycles. The van der Waals surface area contributed by atoms with E-state index >= 15 is 0 Å². The highest BCUT2D eigenvalue weighted by Crippen LogP contribution is 2.23. The Hall–Kier alpha value is -1.75. The van der Waals surface area contributed by atoms with Gasteiger partial charge in [0.15, 0.2) is 0 Å². The van der Waals surface area contributed by atoms with Gasteiger partial charge in [-0.25, -0.2) is 4.79 Å². The average molecular weight is 212 g/mol. The van der Waals surface area contributed by atoms with E-state index < -0.39 is 6.09 Å². The molecule has 0 bridgehead atoms. The van der Waals surface area contributed by atoms with E-state index in [1.54, 1.807) is 18.2 Å². The summed E-state index contributed by atoms with van der Waals surface area (Å²) in [6.45, 7) is 0. The highest BCUT2D eigenvalue weighted by atomic mass is 35.5. The minimum atomic E-state index is -1.21. The number of nitrogens with two attached hydrogens (primary N) is 1. The van der Waals surface area contributed by atoms with Crippen LogP contribution in [0.2, 0.25) is 5.02 Å². The van der Waals surface area contributed by atoms with Crippen LogP contribution in [0.3, 0.4) is 0 Å². The van der Waals surface area contributed by atoms with Gasteiger partial charge in [-0.05, 0) is 18.2 Å². The first-order valence-corrected chi connectivity index (χ1v) is 4.14. The van der Waals surface area contributed by atoms with Crippen LogP contribution < -0.4 is 5.73 Å². The van der Waals surface area contributed by atoms with Gasteiger partial charge < -0.3 is 10.8 Å². The Balaban J connectivity index is 2.80. The quantitative estimate of drug-likeness (QED) is 0.696. The van der Waals surface area contributed by atoms with Gasteiger partial charge in [-0.15, -0.1) is 4.68 Å². The van der Waals surface area contributed by atoms with Crippen LogP contribution in [0.25, 0.3) is 10.9 Å². The summed E-state index contributed by atoms with van der Waals surface area (Å²) in [6.07, 6.45) is -1.21. The Bertz CT molecular complexity index is 521. The lowest BCUT2D eigenvalue weighted by Gasteiger charge is -1.93. The summed E-state index contributed by atoms with van der Waals surface area (Å²) < 4.78 is 0.723. The molecule has 0 spiro atoms. The minimum Gasteiger partial charge on any atom is -0.463 e. The van der Waals surface area contributed by atoms with Crippen molar-refractivity contribution in [2.75, 3.05) is 5.73 Å². The maximum Gasteiger partial charge on any atom is 0.434 e. The Morgan fingerprint density at radius 1 is 1.57 bits per heavy atom. The summed E-state index contributed by atoms with van der Waals surface area (Å²) >= 11 is 5.74. The number of nitrogens with zero attached hydrogens (tertiary/aromatic N) is 2. The fourth-order valence-corrected chi connectivity index (χ4v) is 1.39. The van der Waals surface area contributed by atoms with E-state index in [-0.39, 0.29) is 5.82 Å². The zero-order valence-corrected chi connectivity index (χ0v) is 7.69. The van der Waals surface area contributed by atoms with Gasteiger partial charge in [0.2, 0.25) is 0 Å². The van der Waals surface area contributed by atoms with Crippen LogP contribution in [0.5, 0.6) is 0 Å². The number of anilines is 1. The van der Waals surface area contributed by atoms with Crippen molar-refractivity contribution < 1.29 is 9.90 Å². The lowest BCUT2D eigenvalue weighted by molar-refractivity contribution is 0.193. The molecule has 0 radical (unpaired) electrons. The first kappa shape index (κ1) is 8.83. The van der Waals surface area contributed by atoms with Gasteiger partial charge in [-0.1, -0.05) is 11.6 Å². The number of hydrogen-bond acceptors (Lipinski definition) is 3. The molecule has 72 valence electrons. The molecule has 0 atom stereocenters. The Morgan fingerprint density at radius 3 is 2.93 bits per heavy atom. The third kappa shape index (κ3) is 1.18. The van der Waals surface area contributed by atoms with Gasteiger partial charge in [0.05, 0.1) is 5.52 Å². The molecule has 6 heteroatoms. The van der Waals surface area contributed by atoms with E-state index in [0.29, 0.717) is 15.9 Å². The van der Waals surface area contributed by atoms with E-state index in [4.69, 9.17) is 22.4 Å². The molecule has 5 nitrogen and oxygen atoms in total. The van der Waals surface area contributed by atoms with Crippen molar-refractivity contribution in [1.29, 1.82) is 0 Å². The summed E-state index contributed by atoms with van der Waals surface area (Å²) in [5, 5.41) is 13.5. The predicted octanol–water partition coefficient (Wildman–Crippen LogP) is 1.80. The van der Waals surface area contributed by atoms with Crippen molar-refractivity contribution in [3.05, 3.63) is 23.2 Å². The average Bonchev–Trinajstić information content (AvgIpc) is 2.44. The third-order valence-corrected chi connectivity index (χ3v) is 2.09. The standard InChI is InChI=1S/C8H6ClN3O2/c9-4-1-2-6-5(3-4)7(10)12(11-6)8(13)14/h1-3H,10H2,(H,13,14). The first-order valence-electron chi connectivity index (χ1n) is 3.76.